The maximum absolute atomic E-state index is 11.8. The molecule has 0 aliphatic heterocycles. The fourth-order valence-electron chi connectivity index (χ4n) is 1.74. The van der Waals surface area contributed by atoms with Gasteiger partial charge in [-0.1, -0.05) is 42.5 Å². The third-order valence-corrected chi connectivity index (χ3v) is 2.80. The summed E-state index contributed by atoms with van der Waals surface area (Å²) in [6.07, 6.45) is 0. The number of hydrogen-bond donors (Lipinski definition) is 2. The third kappa shape index (κ3) is 3.91. The molecule has 0 radical (unpaired) electrons. The van der Waals surface area contributed by atoms with Crippen LogP contribution < -0.4 is 10.6 Å². The lowest BCUT2D eigenvalue weighted by atomic mass is 10.1. The predicted molar refractivity (Wildman–Crippen MR) is 79.0 cm³/mol. The number of ketones is 1. The van der Waals surface area contributed by atoms with Gasteiger partial charge in [-0.2, -0.15) is 5.26 Å². The van der Waals surface area contributed by atoms with E-state index >= 15 is 0 Å². The van der Waals surface area contributed by atoms with Crippen molar-refractivity contribution in [3.8, 4) is 6.07 Å². The zero-order chi connectivity index (χ0) is 15.1. The van der Waals surface area contributed by atoms with Gasteiger partial charge in [0.2, 0.25) is 0 Å². The average Bonchev–Trinajstić information content (AvgIpc) is 2.54. The zero-order valence-corrected chi connectivity index (χ0v) is 11.2. The summed E-state index contributed by atoms with van der Waals surface area (Å²) in [5.41, 5.74) is 1.31. The minimum absolute atomic E-state index is 0.107. The number of Topliss-reactive ketones (excluding diaryl/α,β-unsaturated/α-hetero) is 1. The lowest BCUT2D eigenvalue weighted by molar-refractivity contribution is 0.0993. The summed E-state index contributed by atoms with van der Waals surface area (Å²) in [4.78, 5) is 23.6. The molecule has 2 rings (SSSR count). The van der Waals surface area contributed by atoms with Crippen LogP contribution >= 0.6 is 0 Å². The fourth-order valence-corrected chi connectivity index (χ4v) is 1.74. The second-order valence-corrected chi connectivity index (χ2v) is 4.25. The summed E-state index contributed by atoms with van der Waals surface area (Å²) in [7, 11) is 0. The molecule has 2 aromatic carbocycles. The van der Waals surface area contributed by atoms with Crippen LogP contribution in [0, 0.1) is 11.3 Å². The molecule has 0 fully saturated rings. The Labute approximate surface area is 122 Å². The van der Waals surface area contributed by atoms with Crippen LogP contribution in [0.15, 0.2) is 54.6 Å². The number of nitriles is 1. The molecule has 0 aromatic heterocycles. The van der Waals surface area contributed by atoms with Crippen molar-refractivity contribution in [2.45, 2.75) is 0 Å². The minimum Gasteiger partial charge on any atom is -0.330 e. The van der Waals surface area contributed by atoms with Gasteiger partial charge in [-0.15, -0.1) is 0 Å². The maximum Gasteiger partial charge on any atom is 0.319 e. The normalized spacial score (nSPS) is 9.48. The van der Waals surface area contributed by atoms with Crippen LogP contribution in [0.25, 0.3) is 0 Å². The van der Waals surface area contributed by atoms with Gasteiger partial charge in [0.25, 0.3) is 0 Å². The largest absolute Gasteiger partial charge is 0.330 e. The smallest absolute Gasteiger partial charge is 0.319 e. The van der Waals surface area contributed by atoms with Crippen molar-refractivity contribution in [2.24, 2.45) is 0 Å². The van der Waals surface area contributed by atoms with E-state index in [1.54, 1.807) is 48.5 Å². The molecule has 104 valence electrons. The van der Waals surface area contributed by atoms with Crippen LogP contribution in [0.3, 0.4) is 0 Å². The predicted octanol–water partition coefficient (Wildman–Crippen LogP) is 2.56. The van der Waals surface area contributed by atoms with E-state index in [1.165, 1.54) is 0 Å². The number of nitrogens with zero attached hydrogens (tertiary/aromatic N) is 1. The molecule has 0 unspecified atom stereocenters. The summed E-state index contributed by atoms with van der Waals surface area (Å²) in [6, 6.07) is 16.8. The molecule has 2 amide bonds. The van der Waals surface area contributed by atoms with Crippen LogP contribution in [0.2, 0.25) is 0 Å². The van der Waals surface area contributed by atoms with E-state index in [2.05, 4.69) is 10.6 Å². The second kappa shape index (κ2) is 6.87. The van der Waals surface area contributed by atoms with Gasteiger partial charge in [0.05, 0.1) is 17.8 Å². The Hall–Kier alpha value is -3.13. The first-order chi connectivity index (χ1) is 10.2. The summed E-state index contributed by atoms with van der Waals surface area (Å²) < 4.78 is 0. The number of amides is 2. The van der Waals surface area contributed by atoms with E-state index in [0.717, 1.165) is 0 Å². The van der Waals surface area contributed by atoms with Crippen molar-refractivity contribution >= 4 is 17.5 Å². The van der Waals surface area contributed by atoms with E-state index in [4.69, 9.17) is 5.26 Å². The first-order valence-electron chi connectivity index (χ1n) is 6.33. The summed E-state index contributed by atoms with van der Waals surface area (Å²) >= 11 is 0. The molecule has 5 nitrogen and oxygen atoms in total. The Bertz CT molecular complexity index is 690. The Morgan fingerprint density at radius 1 is 1.00 bits per heavy atom. The number of benzene rings is 2. The van der Waals surface area contributed by atoms with E-state index < -0.39 is 6.03 Å². The Balaban J connectivity index is 1.91. The molecule has 5 heteroatoms. The van der Waals surface area contributed by atoms with Gasteiger partial charge < -0.3 is 10.6 Å². The van der Waals surface area contributed by atoms with E-state index in [-0.39, 0.29) is 12.3 Å². The molecule has 0 aliphatic carbocycles. The van der Waals surface area contributed by atoms with E-state index in [9.17, 15) is 9.59 Å². The molecule has 0 saturated carbocycles. The van der Waals surface area contributed by atoms with Crippen LogP contribution in [-0.2, 0) is 0 Å². The molecule has 0 spiro atoms. The number of carbonyl (C=O) groups is 2. The second-order valence-electron chi connectivity index (χ2n) is 4.25. The summed E-state index contributed by atoms with van der Waals surface area (Å²) in [5, 5.41) is 13.9. The number of nitrogens with one attached hydrogen (secondary N) is 2. The molecule has 0 heterocycles. The first-order valence-corrected chi connectivity index (χ1v) is 6.33. The van der Waals surface area contributed by atoms with Gasteiger partial charge in [-0.3, -0.25) is 4.79 Å². The number of para-hydroxylation sites is 1. The molecular formula is C16H13N3O2. The lowest BCUT2D eigenvalue weighted by Gasteiger charge is -2.08. The van der Waals surface area contributed by atoms with Crippen LogP contribution in [0.4, 0.5) is 10.5 Å². The Morgan fingerprint density at radius 2 is 1.67 bits per heavy atom. The van der Waals surface area contributed by atoms with Gasteiger partial charge >= 0.3 is 6.03 Å². The maximum atomic E-state index is 11.8. The van der Waals surface area contributed by atoms with Gasteiger partial charge in [0.15, 0.2) is 5.78 Å². The molecule has 0 saturated heterocycles. The van der Waals surface area contributed by atoms with Crippen molar-refractivity contribution in [1.82, 2.24) is 5.32 Å². The molecule has 2 aromatic rings. The van der Waals surface area contributed by atoms with Crippen molar-refractivity contribution in [3.63, 3.8) is 0 Å². The number of carbonyl (C=O) groups excluding carboxylic acids is 2. The lowest BCUT2D eigenvalue weighted by Crippen LogP contribution is -2.33. The first kappa shape index (κ1) is 14.3. The molecular weight excluding hydrogens is 266 g/mol. The zero-order valence-electron chi connectivity index (χ0n) is 11.2. The Kier molecular flexibility index (Phi) is 4.67. The molecule has 0 aliphatic rings. The van der Waals surface area contributed by atoms with Gasteiger partial charge in [-0.05, 0) is 12.1 Å². The highest BCUT2D eigenvalue weighted by Crippen LogP contribution is 2.12. The van der Waals surface area contributed by atoms with E-state index in [0.29, 0.717) is 16.8 Å². The molecule has 2 N–H and O–H groups in total. The topological polar surface area (TPSA) is 82.0 Å². The monoisotopic (exact) mass is 279 g/mol. The molecule has 0 bridgehead atoms. The van der Waals surface area contributed by atoms with Crippen LogP contribution in [0.1, 0.15) is 15.9 Å². The molecule has 21 heavy (non-hydrogen) atoms. The van der Waals surface area contributed by atoms with E-state index in [1.807, 2.05) is 12.1 Å². The number of rotatable bonds is 4. The highest BCUT2D eigenvalue weighted by atomic mass is 16.2. The minimum atomic E-state index is -0.526. The van der Waals surface area contributed by atoms with Crippen molar-refractivity contribution in [2.75, 3.05) is 11.9 Å². The van der Waals surface area contributed by atoms with Crippen molar-refractivity contribution < 1.29 is 9.59 Å². The highest BCUT2D eigenvalue weighted by molar-refractivity contribution is 6.00. The summed E-state index contributed by atoms with van der Waals surface area (Å²) in [5.74, 6) is -0.181. The summed E-state index contributed by atoms with van der Waals surface area (Å²) in [6.45, 7) is -0.107. The Morgan fingerprint density at radius 3 is 2.38 bits per heavy atom. The number of hydrogen-bond acceptors (Lipinski definition) is 3. The van der Waals surface area contributed by atoms with Gasteiger partial charge in [0.1, 0.15) is 6.07 Å². The highest BCUT2D eigenvalue weighted by Gasteiger charge is 2.09. The van der Waals surface area contributed by atoms with Gasteiger partial charge in [-0.25, -0.2) is 4.79 Å². The number of urea groups is 1. The third-order valence-electron chi connectivity index (χ3n) is 2.80. The number of anilines is 1. The van der Waals surface area contributed by atoms with Gasteiger partial charge in [0, 0.05) is 5.56 Å². The van der Waals surface area contributed by atoms with Crippen LogP contribution in [0.5, 0.6) is 0 Å². The van der Waals surface area contributed by atoms with Crippen molar-refractivity contribution in [3.05, 3.63) is 65.7 Å². The molecule has 0 atom stereocenters. The SMILES string of the molecule is N#Cc1ccccc1NC(=O)NCC(=O)c1ccccc1. The van der Waals surface area contributed by atoms with Crippen molar-refractivity contribution in [1.29, 1.82) is 5.26 Å². The quantitative estimate of drug-likeness (QED) is 0.844. The van der Waals surface area contributed by atoms with Crippen LogP contribution in [-0.4, -0.2) is 18.4 Å². The standard InChI is InChI=1S/C16H13N3O2/c17-10-13-8-4-5-9-14(13)19-16(21)18-11-15(20)12-6-2-1-3-7-12/h1-9H,11H2,(H2,18,19,21). The fraction of sp³-hybridized carbons (Fsp3) is 0.0625. The average molecular weight is 279 g/mol.